The summed E-state index contributed by atoms with van der Waals surface area (Å²) in [6, 6.07) is 0. The van der Waals surface area contributed by atoms with Crippen molar-refractivity contribution in [1.82, 2.24) is 0 Å². The molecule has 0 aliphatic rings. The van der Waals surface area contributed by atoms with Crippen LogP contribution in [0, 0.1) is 0 Å². The average Bonchev–Trinajstić information content (AvgIpc) is 2.00. The highest BCUT2D eigenvalue weighted by Gasteiger charge is 2.29. The minimum Gasteiger partial charge on any atom is -0.466 e. The largest absolute Gasteiger partial charge is 0.466 e. The van der Waals surface area contributed by atoms with E-state index in [9.17, 15) is 22.8 Å². The first-order valence-electron chi connectivity index (χ1n) is 3.73. The molecule has 82 valence electrons. The van der Waals surface area contributed by atoms with Gasteiger partial charge in [0.15, 0.2) is 6.61 Å². The molecule has 0 aliphatic carbocycles. The summed E-state index contributed by atoms with van der Waals surface area (Å²) in [4.78, 5) is 21.1. The number of halogens is 3. The van der Waals surface area contributed by atoms with Gasteiger partial charge in [0, 0.05) is 0 Å². The van der Waals surface area contributed by atoms with Crippen LogP contribution in [-0.4, -0.2) is 31.3 Å². The molecule has 0 saturated carbocycles. The molecule has 14 heavy (non-hydrogen) atoms. The lowest BCUT2D eigenvalue weighted by molar-refractivity contribution is -0.187. The van der Waals surface area contributed by atoms with Gasteiger partial charge in [-0.1, -0.05) is 0 Å². The Morgan fingerprint density at radius 2 is 1.64 bits per heavy atom. The molecular formula is C7H9F3O4. The third-order valence-corrected chi connectivity index (χ3v) is 0.991. The molecule has 0 aromatic rings. The summed E-state index contributed by atoms with van der Waals surface area (Å²) in [6.45, 7) is -0.116. The van der Waals surface area contributed by atoms with Crippen molar-refractivity contribution in [2.75, 3.05) is 13.2 Å². The molecule has 0 aromatic heterocycles. The Hall–Kier alpha value is -1.27. The Kier molecular flexibility index (Phi) is 4.96. The number of rotatable bonds is 4. The fraction of sp³-hybridized carbons (Fsp3) is 0.714. The van der Waals surface area contributed by atoms with E-state index in [4.69, 9.17) is 0 Å². The lowest BCUT2D eigenvalue weighted by atomic mass is 10.4. The van der Waals surface area contributed by atoms with E-state index in [0.29, 0.717) is 0 Å². The van der Waals surface area contributed by atoms with Crippen LogP contribution in [0.3, 0.4) is 0 Å². The van der Waals surface area contributed by atoms with Gasteiger partial charge >= 0.3 is 18.1 Å². The quantitative estimate of drug-likeness (QED) is 0.518. The van der Waals surface area contributed by atoms with Gasteiger partial charge in [-0.3, -0.25) is 9.59 Å². The van der Waals surface area contributed by atoms with Gasteiger partial charge in [-0.2, -0.15) is 13.2 Å². The predicted molar refractivity (Wildman–Crippen MR) is 38.3 cm³/mol. The Morgan fingerprint density at radius 3 is 2.07 bits per heavy atom. The third-order valence-electron chi connectivity index (χ3n) is 0.991. The summed E-state index contributed by atoms with van der Waals surface area (Å²) < 4.78 is 42.6. The molecule has 0 amide bonds. The van der Waals surface area contributed by atoms with E-state index in [0.717, 1.165) is 0 Å². The van der Waals surface area contributed by atoms with Gasteiger partial charge in [-0.25, -0.2) is 0 Å². The molecule has 7 heteroatoms. The normalized spacial score (nSPS) is 10.9. The zero-order chi connectivity index (χ0) is 11.2. The Bertz CT molecular complexity index is 211. The fourth-order valence-electron chi connectivity index (χ4n) is 0.543. The van der Waals surface area contributed by atoms with E-state index in [2.05, 4.69) is 9.47 Å². The first kappa shape index (κ1) is 12.7. The van der Waals surface area contributed by atoms with Gasteiger partial charge in [-0.15, -0.1) is 0 Å². The van der Waals surface area contributed by atoms with E-state index in [-0.39, 0.29) is 6.61 Å². The molecule has 0 bridgehead atoms. The standard InChI is InChI=1S/C7H9F3O4/c1-2-13-5(11)3-6(12)14-4-7(8,9)10/h2-4H2,1H3. The molecule has 0 atom stereocenters. The second kappa shape index (κ2) is 5.46. The van der Waals surface area contributed by atoms with Crippen molar-refractivity contribution in [1.29, 1.82) is 0 Å². The van der Waals surface area contributed by atoms with E-state index in [1.54, 1.807) is 0 Å². The van der Waals surface area contributed by atoms with E-state index in [1.807, 2.05) is 0 Å². The van der Waals surface area contributed by atoms with Crippen LogP contribution >= 0.6 is 0 Å². The zero-order valence-corrected chi connectivity index (χ0v) is 7.39. The molecule has 0 fully saturated rings. The zero-order valence-electron chi connectivity index (χ0n) is 7.39. The molecule has 0 spiro atoms. The molecule has 0 rings (SSSR count). The van der Waals surface area contributed by atoms with Crippen LogP contribution in [-0.2, 0) is 19.1 Å². The molecular weight excluding hydrogens is 205 g/mol. The van der Waals surface area contributed by atoms with Crippen molar-refractivity contribution >= 4 is 11.9 Å². The van der Waals surface area contributed by atoms with Crippen molar-refractivity contribution in [3.8, 4) is 0 Å². The van der Waals surface area contributed by atoms with Crippen LogP contribution in [0.1, 0.15) is 13.3 Å². The van der Waals surface area contributed by atoms with Gasteiger partial charge in [0.2, 0.25) is 0 Å². The van der Waals surface area contributed by atoms with Crippen LogP contribution in [0.5, 0.6) is 0 Å². The summed E-state index contributed by atoms with van der Waals surface area (Å²) in [5.74, 6) is -2.15. The third kappa shape index (κ3) is 7.38. The topological polar surface area (TPSA) is 52.6 Å². The monoisotopic (exact) mass is 214 g/mol. The Labute approximate surface area is 78.0 Å². The number of carbonyl (C=O) groups excluding carboxylic acids is 2. The maximum atomic E-state index is 11.5. The van der Waals surface area contributed by atoms with Crippen molar-refractivity contribution in [2.45, 2.75) is 19.5 Å². The van der Waals surface area contributed by atoms with Crippen LogP contribution in [0.15, 0.2) is 0 Å². The summed E-state index contributed by atoms with van der Waals surface area (Å²) in [6.07, 6.45) is -5.38. The Morgan fingerprint density at radius 1 is 1.14 bits per heavy atom. The molecule has 0 aliphatic heterocycles. The summed E-state index contributed by atoms with van der Waals surface area (Å²) >= 11 is 0. The van der Waals surface area contributed by atoms with E-state index >= 15 is 0 Å². The second-order valence-electron chi connectivity index (χ2n) is 2.26. The highest BCUT2D eigenvalue weighted by molar-refractivity contribution is 5.91. The van der Waals surface area contributed by atoms with Gasteiger partial charge < -0.3 is 9.47 Å². The maximum Gasteiger partial charge on any atom is 0.422 e. The summed E-state index contributed by atoms with van der Waals surface area (Å²) in [5.41, 5.74) is 0. The number of esters is 2. The van der Waals surface area contributed by atoms with Crippen LogP contribution in [0.4, 0.5) is 13.2 Å². The van der Waals surface area contributed by atoms with Crippen molar-refractivity contribution < 1.29 is 32.2 Å². The van der Waals surface area contributed by atoms with Crippen LogP contribution in [0.25, 0.3) is 0 Å². The lowest BCUT2D eigenvalue weighted by Crippen LogP contribution is -2.22. The first-order valence-corrected chi connectivity index (χ1v) is 3.73. The first-order chi connectivity index (χ1) is 6.35. The van der Waals surface area contributed by atoms with Gasteiger partial charge in [0.1, 0.15) is 6.42 Å². The highest BCUT2D eigenvalue weighted by atomic mass is 19.4. The van der Waals surface area contributed by atoms with Gasteiger partial charge in [0.05, 0.1) is 6.61 Å². The fourth-order valence-corrected chi connectivity index (χ4v) is 0.543. The van der Waals surface area contributed by atoms with Crippen molar-refractivity contribution in [2.24, 2.45) is 0 Å². The minimum atomic E-state index is -4.58. The van der Waals surface area contributed by atoms with Crippen molar-refractivity contribution in [3.05, 3.63) is 0 Å². The number of ether oxygens (including phenoxy) is 2. The average molecular weight is 214 g/mol. The summed E-state index contributed by atoms with van der Waals surface area (Å²) in [5, 5.41) is 0. The van der Waals surface area contributed by atoms with E-state index in [1.165, 1.54) is 6.92 Å². The smallest absolute Gasteiger partial charge is 0.422 e. The molecule has 0 saturated heterocycles. The molecule has 0 radical (unpaired) electrons. The molecule has 4 nitrogen and oxygen atoms in total. The van der Waals surface area contributed by atoms with Crippen molar-refractivity contribution in [3.63, 3.8) is 0 Å². The lowest BCUT2D eigenvalue weighted by Gasteiger charge is -2.07. The van der Waals surface area contributed by atoms with Crippen LogP contribution in [0.2, 0.25) is 0 Å². The van der Waals surface area contributed by atoms with Crippen LogP contribution < -0.4 is 0 Å². The highest BCUT2D eigenvalue weighted by Crippen LogP contribution is 2.14. The second-order valence-corrected chi connectivity index (χ2v) is 2.26. The number of carbonyl (C=O) groups is 2. The minimum absolute atomic E-state index is 0.0609. The number of alkyl halides is 3. The van der Waals surface area contributed by atoms with Gasteiger partial charge in [-0.05, 0) is 6.92 Å². The van der Waals surface area contributed by atoms with E-state index < -0.39 is 31.1 Å². The molecule has 0 heterocycles. The SMILES string of the molecule is CCOC(=O)CC(=O)OCC(F)(F)F. The predicted octanol–water partition coefficient (Wildman–Crippen LogP) is 1.05. The summed E-state index contributed by atoms with van der Waals surface area (Å²) in [7, 11) is 0. The number of hydrogen-bond donors (Lipinski definition) is 0. The maximum absolute atomic E-state index is 11.5. The molecule has 0 aromatic carbocycles. The van der Waals surface area contributed by atoms with Gasteiger partial charge in [0.25, 0.3) is 0 Å². The molecule has 0 unspecified atom stereocenters. The number of hydrogen-bond acceptors (Lipinski definition) is 4. The Balaban J connectivity index is 3.71. The molecule has 0 N–H and O–H groups in total.